The normalized spacial score (nSPS) is 10.2. The van der Waals surface area contributed by atoms with Gasteiger partial charge in [-0.05, 0) is 39.3 Å². The van der Waals surface area contributed by atoms with E-state index in [9.17, 15) is 10.1 Å². The number of hydrogen-bond acceptors (Lipinski definition) is 4. The van der Waals surface area contributed by atoms with Crippen LogP contribution < -0.4 is 10.2 Å². The first-order valence-corrected chi connectivity index (χ1v) is 6.24. The van der Waals surface area contributed by atoms with Gasteiger partial charge in [0.15, 0.2) is 0 Å². The van der Waals surface area contributed by atoms with E-state index in [1.54, 1.807) is 11.9 Å². The minimum absolute atomic E-state index is 0.0812. The molecule has 1 rings (SSSR count). The van der Waals surface area contributed by atoms with Gasteiger partial charge in [0.2, 0.25) is 5.91 Å². The number of aryl methyl sites for hydroxylation is 2. The number of aromatic nitrogens is 1. The van der Waals surface area contributed by atoms with Crippen LogP contribution in [0.3, 0.4) is 0 Å². The zero-order valence-electron chi connectivity index (χ0n) is 12.1. The summed E-state index contributed by atoms with van der Waals surface area (Å²) in [5.74, 6) is 0.473. The highest BCUT2D eigenvalue weighted by atomic mass is 16.2. The summed E-state index contributed by atoms with van der Waals surface area (Å²) in [6, 6.07) is 4.12. The Morgan fingerprint density at radius 2 is 2.16 bits per heavy atom. The van der Waals surface area contributed by atoms with Crippen molar-refractivity contribution in [2.45, 2.75) is 33.7 Å². The summed E-state index contributed by atoms with van der Waals surface area (Å²) < 4.78 is 0. The Bertz CT molecular complexity index is 517. The molecule has 1 amide bonds. The molecule has 1 N–H and O–H groups in total. The molecule has 0 fully saturated rings. The largest absolute Gasteiger partial charge is 0.352 e. The quantitative estimate of drug-likeness (QED) is 0.891. The molecule has 0 spiro atoms. The summed E-state index contributed by atoms with van der Waals surface area (Å²) in [6.07, 6.45) is 0. The number of anilines is 1. The lowest BCUT2D eigenvalue weighted by Gasteiger charge is -2.21. The fraction of sp³-hybridized carbons (Fsp3) is 0.500. The van der Waals surface area contributed by atoms with Crippen molar-refractivity contribution in [2.24, 2.45) is 0 Å². The molecule has 1 aromatic heterocycles. The summed E-state index contributed by atoms with van der Waals surface area (Å²) in [5.41, 5.74) is 2.23. The lowest BCUT2D eigenvalue weighted by atomic mass is 10.1. The Labute approximate surface area is 114 Å². The number of rotatable bonds is 4. The molecular formula is C14H20N4O. The highest BCUT2D eigenvalue weighted by Gasteiger charge is 2.15. The molecule has 0 saturated carbocycles. The van der Waals surface area contributed by atoms with Crippen molar-refractivity contribution in [3.8, 4) is 6.07 Å². The molecule has 0 bridgehead atoms. The maximum atomic E-state index is 11.7. The number of carbonyl (C=O) groups excluding carboxylic acids is 1. The average molecular weight is 260 g/mol. The molecule has 0 aromatic carbocycles. The van der Waals surface area contributed by atoms with Crippen molar-refractivity contribution in [1.82, 2.24) is 10.3 Å². The van der Waals surface area contributed by atoms with E-state index in [0.717, 1.165) is 11.3 Å². The van der Waals surface area contributed by atoms with Gasteiger partial charge in [0.1, 0.15) is 11.9 Å². The van der Waals surface area contributed by atoms with Crippen LogP contribution in [-0.2, 0) is 4.79 Å². The predicted octanol–water partition coefficient (Wildman–Crippen LogP) is 1.53. The first-order chi connectivity index (χ1) is 8.85. The van der Waals surface area contributed by atoms with Gasteiger partial charge in [-0.1, -0.05) is 0 Å². The van der Waals surface area contributed by atoms with Gasteiger partial charge >= 0.3 is 0 Å². The van der Waals surface area contributed by atoms with Crippen LogP contribution in [0, 0.1) is 25.2 Å². The first-order valence-electron chi connectivity index (χ1n) is 6.24. The molecule has 102 valence electrons. The lowest BCUT2D eigenvalue weighted by Crippen LogP contribution is -2.39. The van der Waals surface area contributed by atoms with E-state index in [1.807, 2.05) is 33.8 Å². The van der Waals surface area contributed by atoms with Crippen molar-refractivity contribution in [2.75, 3.05) is 18.5 Å². The topological polar surface area (TPSA) is 69.0 Å². The van der Waals surface area contributed by atoms with Crippen LogP contribution >= 0.6 is 0 Å². The molecule has 19 heavy (non-hydrogen) atoms. The highest BCUT2D eigenvalue weighted by Crippen LogP contribution is 2.20. The van der Waals surface area contributed by atoms with Gasteiger partial charge in [-0.25, -0.2) is 4.98 Å². The third kappa shape index (κ3) is 3.95. The average Bonchev–Trinajstić information content (AvgIpc) is 2.26. The molecule has 0 aliphatic rings. The van der Waals surface area contributed by atoms with Crippen LogP contribution in [-0.4, -0.2) is 30.5 Å². The Hall–Kier alpha value is -2.09. The number of nitrogens with one attached hydrogen (secondary N) is 1. The summed E-state index contributed by atoms with van der Waals surface area (Å²) in [4.78, 5) is 17.8. The van der Waals surface area contributed by atoms with Crippen LogP contribution in [0.1, 0.15) is 30.7 Å². The summed E-state index contributed by atoms with van der Waals surface area (Å²) >= 11 is 0. The number of pyridine rings is 1. The molecule has 0 saturated heterocycles. The number of nitrogens with zero attached hydrogens (tertiary/aromatic N) is 3. The van der Waals surface area contributed by atoms with Crippen LogP contribution in [0.4, 0.5) is 5.82 Å². The Balaban J connectivity index is 2.97. The third-order valence-corrected chi connectivity index (χ3v) is 2.63. The van der Waals surface area contributed by atoms with Crippen molar-refractivity contribution >= 4 is 11.7 Å². The third-order valence-electron chi connectivity index (χ3n) is 2.63. The zero-order chi connectivity index (χ0) is 14.6. The van der Waals surface area contributed by atoms with Gasteiger partial charge in [-0.2, -0.15) is 5.26 Å². The maximum Gasteiger partial charge on any atom is 0.239 e. The first kappa shape index (κ1) is 15.0. The fourth-order valence-electron chi connectivity index (χ4n) is 1.89. The molecular weight excluding hydrogens is 240 g/mol. The van der Waals surface area contributed by atoms with Gasteiger partial charge in [-0.3, -0.25) is 4.79 Å². The van der Waals surface area contributed by atoms with Gasteiger partial charge in [0, 0.05) is 18.8 Å². The molecule has 5 heteroatoms. The minimum Gasteiger partial charge on any atom is -0.352 e. The lowest BCUT2D eigenvalue weighted by molar-refractivity contribution is -0.120. The second-order valence-electron chi connectivity index (χ2n) is 4.97. The standard InChI is InChI=1S/C14H20N4O/c1-9(2)16-13(19)8-18(5)14-12(7-15)10(3)6-11(4)17-14/h6,9H,8H2,1-5H3,(H,16,19). The molecule has 0 unspecified atom stereocenters. The van der Waals surface area contributed by atoms with E-state index >= 15 is 0 Å². The van der Waals surface area contributed by atoms with Crippen molar-refractivity contribution in [3.63, 3.8) is 0 Å². The van der Waals surface area contributed by atoms with Crippen LogP contribution in [0.5, 0.6) is 0 Å². The Morgan fingerprint density at radius 3 is 2.68 bits per heavy atom. The summed E-state index contributed by atoms with van der Waals surface area (Å²) in [6.45, 7) is 7.75. The van der Waals surface area contributed by atoms with Gasteiger partial charge in [0.05, 0.1) is 12.1 Å². The maximum absolute atomic E-state index is 11.7. The molecule has 0 aliphatic carbocycles. The van der Waals surface area contributed by atoms with E-state index in [2.05, 4.69) is 16.4 Å². The minimum atomic E-state index is -0.0812. The molecule has 0 aliphatic heterocycles. The van der Waals surface area contributed by atoms with E-state index in [0.29, 0.717) is 11.4 Å². The van der Waals surface area contributed by atoms with Gasteiger partial charge in [0.25, 0.3) is 0 Å². The van der Waals surface area contributed by atoms with Crippen molar-refractivity contribution < 1.29 is 4.79 Å². The molecule has 1 aromatic rings. The van der Waals surface area contributed by atoms with E-state index < -0.39 is 0 Å². The molecule has 5 nitrogen and oxygen atoms in total. The SMILES string of the molecule is Cc1cc(C)c(C#N)c(N(C)CC(=O)NC(C)C)n1. The number of amides is 1. The number of nitriles is 1. The summed E-state index contributed by atoms with van der Waals surface area (Å²) in [7, 11) is 1.77. The van der Waals surface area contributed by atoms with Crippen molar-refractivity contribution in [1.29, 1.82) is 5.26 Å². The number of likely N-dealkylation sites (N-methyl/N-ethyl adjacent to an activating group) is 1. The smallest absolute Gasteiger partial charge is 0.239 e. The number of carbonyl (C=O) groups is 1. The van der Waals surface area contributed by atoms with E-state index in [4.69, 9.17) is 0 Å². The summed E-state index contributed by atoms with van der Waals surface area (Å²) in [5, 5.41) is 12.0. The highest BCUT2D eigenvalue weighted by molar-refractivity contribution is 5.81. The monoisotopic (exact) mass is 260 g/mol. The predicted molar refractivity (Wildman–Crippen MR) is 75.0 cm³/mol. The zero-order valence-corrected chi connectivity index (χ0v) is 12.1. The molecule has 0 radical (unpaired) electrons. The van der Waals surface area contributed by atoms with Crippen LogP contribution in [0.2, 0.25) is 0 Å². The van der Waals surface area contributed by atoms with Crippen LogP contribution in [0.25, 0.3) is 0 Å². The van der Waals surface area contributed by atoms with E-state index in [1.165, 1.54) is 0 Å². The fourth-order valence-corrected chi connectivity index (χ4v) is 1.89. The second kappa shape index (κ2) is 6.19. The van der Waals surface area contributed by atoms with Gasteiger partial charge < -0.3 is 10.2 Å². The Kier molecular flexibility index (Phi) is 4.87. The van der Waals surface area contributed by atoms with E-state index in [-0.39, 0.29) is 18.5 Å². The number of hydrogen-bond donors (Lipinski definition) is 1. The van der Waals surface area contributed by atoms with Crippen LogP contribution in [0.15, 0.2) is 6.07 Å². The second-order valence-corrected chi connectivity index (χ2v) is 4.97. The Morgan fingerprint density at radius 1 is 1.53 bits per heavy atom. The van der Waals surface area contributed by atoms with Gasteiger partial charge in [-0.15, -0.1) is 0 Å². The van der Waals surface area contributed by atoms with Crippen molar-refractivity contribution in [3.05, 3.63) is 22.9 Å². The molecule has 1 heterocycles. The molecule has 0 atom stereocenters.